The highest BCUT2D eigenvalue weighted by Gasteiger charge is 2.45. The van der Waals surface area contributed by atoms with Crippen molar-refractivity contribution in [2.24, 2.45) is 12.0 Å². The van der Waals surface area contributed by atoms with Crippen LogP contribution >= 0.6 is 0 Å². The molecule has 24 heavy (non-hydrogen) atoms. The molecule has 0 aliphatic carbocycles. The van der Waals surface area contributed by atoms with Crippen molar-refractivity contribution in [2.75, 3.05) is 0 Å². The van der Waals surface area contributed by atoms with Crippen LogP contribution < -0.4 is 0 Å². The first-order valence-electron chi connectivity index (χ1n) is 8.29. The van der Waals surface area contributed by atoms with E-state index in [0.717, 1.165) is 28.1 Å². The van der Waals surface area contributed by atoms with E-state index in [1.54, 1.807) is 0 Å². The van der Waals surface area contributed by atoms with Crippen molar-refractivity contribution in [3.8, 4) is 0 Å². The molecule has 3 aromatic rings. The predicted molar refractivity (Wildman–Crippen MR) is 97.7 cm³/mol. The van der Waals surface area contributed by atoms with Crippen molar-refractivity contribution >= 4 is 16.7 Å². The van der Waals surface area contributed by atoms with Gasteiger partial charge in [-0.2, -0.15) is 0 Å². The summed E-state index contributed by atoms with van der Waals surface area (Å²) >= 11 is 0. The summed E-state index contributed by atoms with van der Waals surface area (Å²) in [6, 6.07) is 10.2. The van der Waals surface area contributed by atoms with E-state index in [1.807, 2.05) is 30.5 Å². The summed E-state index contributed by atoms with van der Waals surface area (Å²) in [5, 5.41) is 0. The fourth-order valence-corrected chi connectivity index (χ4v) is 3.38. The summed E-state index contributed by atoms with van der Waals surface area (Å²) in [4.78, 5) is 14.5. The van der Waals surface area contributed by atoms with Crippen LogP contribution in [0.15, 0.2) is 47.7 Å². The molecule has 1 aliphatic rings. The van der Waals surface area contributed by atoms with Crippen LogP contribution in [0.2, 0.25) is 0 Å². The van der Waals surface area contributed by atoms with E-state index in [4.69, 9.17) is 9.98 Å². The highest BCUT2D eigenvalue weighted by Crippen LogP contribution is 2.44. The summed E-state index contributed by atoms with van der Waals surface area (Å²) in [5.74, 6) is 0. The first-order valence-corrected chi connectivity index (χ1v) is 8.29. The minimum atomic E-state index is -0.218. The topological polar surface area (TPSA) is 43.1 Å². The van der Waals surface area contributed by atoms with Gasteiger partial charge in [0.05, 0.1) is 28.5 Å². The zero-order valence-corrected chi connectivity index (χ0v) is 14.8. The number of fused-ring (bicyclic) bond motifs is 2. The van der Waals surface area contributed by atoms with Crippen molar-refractivity contribution in [2.45, 2.75) is 38.6 Å². The number of para-hydroxylation sites is 2. The first kappa shape index (κ1) is 15.1. The molecule has 1 aromatic carbocycles. The van der Waals surface area contributed by atoms with Crippen LogP contribution in [0.1, 0.15) is 44.6 Å². The normalized spacial score (nSPS) is 18.3. The van der Waals surface area contributed by atoms with Gasteiger partial charge in [-0.15, -0.1) is 0 Å². The fraction of sp³-hybridized carbons (Fsp3) is 0.350. The van der Waals surface area contributed by atoms with E-state index in [1.165, 1.54) is 5.56 Å². The Kier molecular flexibility index (Phi) is 2.99. The molecule has 0 unspecified atom stereocenters. The number of benzene rings is 1. The third-order valence-corrected chi connectivity index (χ3v) is 5.58. The van der Waals surface area contributed by atoms with Crippen LogP contribution in [-0.2, 0) is 12.5 Å². The second-order valence-electron chi connectivity index (χ2n) is 7.58. The van der Waals surface area contributed by atoms with Gasteiger partial charge in [0.1, 0.15) is 11.4 Å². The Bertz CT molecular complexity index is 976. The standard InChI is InChI=1S/C20H22N4/c1-19(2)13-10-11-24(5)18(13)17(23-20(19,3)4)16-12-21-14-8-6-7-9-15(14)22-16/h6-12H,1-5H3. The second-order valence-corrected chi connectivity index (χ2v) is 7.58. The molecule has 1 aliphatic heterocycles. The molecular formula is C20H22N4. The Balaban J connectivity index is 1.99. The van der Waals surface area contributed by atoms with E-state index in [0.29, 0.717) is 0 Å². The van der Waals surface area contributed by atoms with E-state index in [-0.39, 0.29) is 11.0 Å². The predicted octanol–water partition coefficient (Wildman–Crippen LogP) is 3.88. The molecule has 122 valence electrons. The number of nitrogens with zero attached hydrogens (tertiary/aromatic N) is 4. The van der Waals surface area contributed by atoms with Gasteiger partial charge in [-0.05, 0) is 37.6 Å². The third-order valence-electron chi connectivity index (χ3n) is 5.58. The number of rotatable bonds is 1. The number of aryl methyl sites for hydroxylation is 1. The highest BCUT2D eigenvalue weighted by atomic mass is 15.0. The maximum Gasteiger partial charge on any atom is 0.109 e. The maximum absolute atomic E-state index is 5.11. The molecule has 0 spiro atoms. The summed E-state index contributed by atoms with van der Waals surface area (Å²) in [6.07, 6.45) is 3.95. The lowest BCUT2D eigenvalue weighted by Crippen LogP contribution is -2.46. The van der Waals surface area contributed by atoms with Gasteiger partial charge in [0.25, 0.3) is 0 Å². The number of hydrogen-bond acceptors (Lipinski definition) is 3. The Morgan fingerprint density at radius 1 is 0.958 bits per heavy atom. The van der Waals surface area contributed by atoms with Gasteiger partial charge in [0.15, 0.2) is 0 Å². The molecule has 4 heteroatoms. The Morgan fingerprint density at radius 2 is 1.67 bits per heavy atom. The third kappa shape index (κ3) is 1.95. The maximum atomic E-state index is 5.11. The Labute approximate surface area is 142 Å². The largest absolute Gasteiger partial charge is 0.349 e. The number of aliphatic imine (C=N–C) groups is 1. The molecule has 0 radical (unpaired) electrons. The zero-order chi connectivity index (χ0) is 17.1. The molecule has 0 amide bonds. The zero-order valence-electron chi connectivity index (χ0n) is 14.8. The molecule has 4 nitrogen and oxygen atoms in total. The SMILES string of the molecule is Cn1ccc2c1C(c1cnc3ccccc3n1)=NC(C)(C)C2(C)C. The van der Waals surface area contributed by atoms with Crippen LogP contribution in [0, 0.1) is 0 Å². The van der Waals surface area contributed by atoms with Crippen LogP contribution in [-0.4, -0.2) is 25.8 Å². The lowest BCUT2D eigenvalue weighted by atomic mass is 9.67. The van der Waals surface area contributed by atoms with Crippen molar-refractivity contribution in [1.29, 1.82) is 0 Å². The van der Waals surface area contributed by atoms with Crippen LogP contribution in [0.4, 0.5) is 0 Å². The first-order chi connectivity index (χ1) is 11.3. The van der Waals surface area contributed by atoms with Crippen LogP contribution in [0.3, 0.4) is 0 Å². The lowest BCUT2D eigenvalue weighted by molar-refractivity contribution is 0.303. The summed E-state index contributed by atoms with van der Waals surface area (Å²) < 4.78 is 2.14. The van der Waals surface area contributed by atoms with Gasteiger partial charge < -0.3 is 4.57 Å². The molecule has 0 bridgehead atoms. The van der Waals surface area contributed by atoms with Gasteiger partial charge in [0, 0.05) is 18.7 Å². The highest BCUT2D eigenvalue weighted by molar-refractivity contribution is 6.13. The number of aromatic nitrogens is 3. The minimum Gasteiger partial charge on any atom is -0.349 e. The average molecular weight is 318 g/mol. The second kappa shape index (κ2) is 4.76. The van der Waals surface area contributed by atoms with E-state index in [9.17, 15) is 0 Å². The molecule has 3 heterocycles. The lowest BCUT2D eigenvalue weighted by Gasteiger charge is -2.43. The van der Waals surface area contributed by atoms with Gasteiger partial charge in [-0.25, -0.2) is 4.98 Å². The fourth-order valence-electron chi connectivity index (χ4n) is 3.38. The van der Waals surface area contributed by atoms with Gasteiger partial charge in [-0.1, -0.05) is 26.0 Å². The van der Waals surface area contributed by atoms with Gasteiger partial charge in [0.2, 0.25) is 0 Å². The van der Waals surface area contributed by atoms with Crippen molar-refractivity contribution < 1.29 is 0 Å². The smallest absolute Gasteiger partial charge is 0.109 e. The minimum absolute atomic E-state index is 0.0443. The van der Waals surface area contributed by atoms with Crippen molar-refractivity contribution in [3.05, 3.63) is 59.7 Å². The molecule has 2 aromatic heterocycles. The van der Waals surface area contributed by atoms with Crippen LogP contribution in [0.5, 0.6) is 0 Å². The molecule has 0 N–H and O–H groups in total. The summed E-state index contributed by atoms with van der Waals surface area (Å²) in [5.41, 5.74) is 5.77. The molecule has 0 saturated carbocycles. The number of hydrogen-bond donors (Lipinski definition) is 0. The monoisotopic (exact) mass is 318 g/mol. The van der Waals surface area contributed by atoms with Gasteiger partial charge in [-0.3, -0.25) is 9.98 Å². The summed E-state index contributed by atoms with van der Waals surface area (Å²) in [6.45, 7) is 8.91. The molecule has 0 saturated heterocycles. The average Bonchev–Trinajstić information content (AvgIpc) is 2.93. The van der Waals surface area contributed by atoms with Crippen molar-refractivity contribution in [1.82, 2.24) is 14.5 Å². The quantitative estimate of drug-likeness (QED) is 0.683. The Hall–Kier alpha value is -2.49. The summed E-state index contributed by atoms with van der Waals surface area (Å²) in [7, 11) is 2.07. The van der Waals surface area contributed by atoms with Crippen molar-refractivity contribution in [3.63, 3.8) is 0 Å². The van der Waals surface area contributed by atoms with E-state index < -0.39 is 0 Å². The van der Waals surface area contributed by atoms with Crippen LogP contribution in [0.25, 0.3) is 11.0 Å². The molecule has 4 rings (SSSR count). The van der Waals surface area contributed by atoms with E-state index >= 15 is 0 Å². The van der Waals surface area contributed by atoms with E-state index in [2.05, 4.69) is 56.6 Å². The molecule has 0 atom stereocenters. The van der Waals surface area contributed by atoms with Gasteiger partial charge >= 0.3 is 0 Å². The molecular weight excluding hydrogens is 296 g/mol. The Morgan fingerprint density at radius 3 is 2.42 bits per heavy atom. The molecule has 0 fully saturated rings.